The van der Waals surface area contributed by atoms with Crippen LogP contribution in [0.25, 0.3) is 0 Å². The molecule has 82 valence electrons. The molecule has 0 radical (unpaired) electrons. The Bertz CT molecular complexity index is 514. The van der Waals surface area contributed by atoms with Crippen LogP contribution in [-0.4, -0.2) is 26.0 Å². The lowest BCUT2D eigenvalue weighted by atomic mass is 10.1. The van der Waals surface area contributed by atoms with Crippen LogP contribution in [0, 0.1) is 0 Å². The minimum atomic E-state index is -0.163. The summed E-state index contributed by atoms with van der Waals surface area (Å²) in [5.41, 5.74) is 0.438. The van der Waals surface area contributed by atoms with Crippen molar-refractivity contribution in [3.63, 3.8) is 0 Å². The summed E-state index contributed by atoms with van der Waals surface area (Å²) >= 11 is 9.21. The van der Waals surface area contributed by atoms with E-state index in [0.717, 1.165) is 4.47 Å². The number of carbonyl (C=O) groups excluding carboxylic acids is 1. The van der Waals surface area contributed by atoms with Crippen molar-refractivity contribution in [3.8, 4) is 0 Å². The van der Waals surface area contributed by atoms with E-state index in [1.54, 1.807) is 18.2 Å². The summed E-state index contributed by atoms with van der Waals surface area (Å²) in [6.45, 7) is 0.0240. The Morgan fingerprint density at radius 1 is 1.50 bits per heavy atom. The second-order valence-electron chi connectivity index (χ2n) is 3.01. The maximum absolute atomic E-state index is 11.9. The van der Waals surface area contributed by atoms with Gasteiger partial charge in [0.15, 0.2) is 12.1 Å². The normalized spacial score (nSPS) is 10.4. The van der Waals surface area contributed by atoms with E-state index in [1.165, 1.54) is 11.1 Å². The first-order valence-corrected chi connectivity index (χ1v) is 5.53. The van der Waals surface area contributed by atoms with Crippen LogP contribution in [0.15, 0.2) is 29.0 Å². The third-order valence-corrected chi connectivity index (χ3v) is 2.73. The molecule has 0 unspecified atom stereocenters. The molecular formula is C9H6BrClN4O. The largest absolute Gasteiger partial charge is 0.292 e. The fourth-order valence-electron chi connectivity index (χ4n) is 1.19. The lowest BCUT2D eigenvalue weighted by molar-refractivity contribution is 0.0961. The van der Waals surface area contributed by atoms with E-state index in [9.17, 15) is 4.79 Å². The molecule has 16 heavy (non-hydrogen) atoms. The van der Waals surface area contributed by atoms with Crippen molar-refractivity contribution < 1.29 is 4.79 Å². The van der Waals surface area contributed by atoms with Gasteiger partial charge in [-0.15, -0.1) is 10.2 Å². The molecule has 1 aromatic heterocycles. The summed E-state index contributed by atoms with van der Waals surface area (Å²) in [7, 11) is 0. The lowest BCUT2D eigenvalue weighted by Gasteiger charge is -2.03. The van der Waals surface area contributed by atoms with Crippen molar-refractivity contribution in [2.45, 2.75) is 6.54 Å². The van der Waals surface area contributed by atoms with Crippen LogP contribution in [0.4, 0.5) is 0 Å². The number of benzene rings is 1. The zero-order chi connectivity index (χ0) is 11.5. The molecule has 0 bridgehead atoms. The smallest absolute Gasteiger partial charge is 0.187 e. The third-order valence-electron chi connectivity index (χ3n) is 1.91. The predicted octanol–water partition coefficient (Wildman–Crippen LogP) is 1.97. The quantitative estimate of drug-likeness (QED) is 0.813. The maximum Gasteiger partial charge on any atom is 0.187 e. The van der Waals surface area contributed by atoms with E-state index < -0.39 is 0 Å². The molecule has 0 fully saturated rings. The van der Waals surface area contributed by atoms with E-state index in [4.69, 9.17) is 11.6 Å². The van der Waals surface area contributed by atoms with Gasteiger partial charge in [-0.1, -0.05) is 27.5 Å². The summed E-state index contributed by atoms with van der Waals surface area (Å²) in [5.74, 6) is -0.163. The zero-order valence-corrected chi connectivity index (χ0v) is 10.3. The highest BCUT2D eigenvalue weighted by molar-refractivity contribution is 9.10. The van der Waals surface area contributed by atoms with Crippen molar-refractivity contribution in [2.75, 3.05) is 0 Å². The van der Waals surface area contributed by atoms with E-state index in [-0.39, 0.29) is 12.3 Å². The third kappa shape index (κ3) is 2.45. The van der Waals surface area contributed by atoms with Crippen LogP contribution in [0.1, 0.15) is 10.4 Å². The summed E-state index contributed by atoms with van der Waals surface area (Å²) in [4.78, 5) is 13.1. The van der Waals surface area contributed by atoms with Crippen LogP contribution >= 0.6 is 27.5 Å². The van der Waals surface area contributed by atoms with E-state index in [1.807, 2.05) is 0 Å². The molecule has 7 heteroatoms. The number of nitrogens with zero attached hydrogens (tertiary/aromatic N) is 4. The molecular weight excluding hydrogens is 295 g/mol. The number of Topliss-reactive ketones (excluding diaryl/α,β-unsaturated/α-hetero) is 1. The number of carbonyl (C=O) groups is 1. The minimum absolute atomic E-state index is 0.0240. The SMILES string of the molecule is O=C(Cn1ncnn1)c1cc(Br)ccc1Cl. The first kappa shape index (κ1) is 11.2. The lowest BCUT2D eigenvalue weighted by Crippen LogP contribution is -2.13. The van der Waals surface area contributed by atoms with Crippen molar-refractivity contribution >= 4 is 33.3 Å². The maximum atomic E-state index is 11.9. The number of tetrazole rings is 1. The summed E-state index contributed by atoms with van der Waals surface area (Å²) in [6, 6.07) is 5.10. The highest BCUT2D eigenvalue weighted by Gasteiger charge is 2.12. The van der Waals surface area contributed by atoms with Crippen molar-refractivity contribution in [1.82, 2.24) is 20.2 Å². The van der Waals surface area contributed by atoms with Crippen molar-refractivity contribution in [2.24, 2.45) is 0 Å². The summed E-state index contributed by atoms with van der Waals surface area (Å²) in [5, 5.41) is 11.3. The van der Waals surface area contributed by atoms with E-state index in [2.05, 4.69) is 31.3 Å². The molecule has 1 aromatic carbocycles. The Labute approximate surface area is 105 Å². The molecule has 0 atom stereocenters. The van der Waals surface area contributed by atoms with Gasteiger partial charge in [0.2, 0.25) is 0 Å². The fraction of sp³-hybridized carbons (Fsp3) is 0.111. The van der Waals surface area contributed by atoms with Crippen molar-refractivity contribution in [3.05, 3.63) is 39.6 Å². The minimum Gasteiger partial charge on any atom is -0.292 e. The molecule has 1 heterocycles. The average Bonchev–Trinajstić information content (AvgIpc) is 2.74. The Hall–Kier alpha value is -1.27. The number of aromatic nitrogens is 4. The number of ketones is 1. The standard InChI is InChI=1S/C9H6BrClN4O/c10-6-1-2-8(11)7(3-6)9(16)4-15-13-5-12-14-15/h1-3,5H,4H2. The average molecular weight is 302 g/mol. The molecule has 0 aliphatic rings. The van der Waals surface area contributed by atoms with Crippen LogP contribution in [0.5, 0.6) is 0 Å². The molecule has 0 amide bonds. The van der Waals surface area contributed by atoms with Gasteiger partial charge in [-0.3, -0.25) is 4.79 Å². The Morgan fingerprint density at radius 3 is 3.00 bits per heavy atom. The molecule has 5 nitrogen and oxygen atoms in total. The van der Waals surface area contributed by atoms with Gasteiger partial charge in [-0.05, 0) is 23.4 Å². The first-order valence-electron chi connectivity index (χ1n) is 4.36. The molecule has 0 aliphatic carbocycles. The predicted molar refractivity (Wildman–Crippen MR) is 61.3 cm³/mol. The zero-order valence-electron chi connectivity index (χ0n) is 7.97. The number of halogens is 2. The van der Waals surface area contributed by atoms with Crippen molar-refractivity contribution in [1.29, 1.82) is 0 Å². The Balaban J connectivity index is 2.24. The Morgan fingerprint density at radius 2 is 2.31 bits per heavy atom. The van der Waals surface area contributed by atoms with E-state index >= 15 is 0 Å². The van der Waals surface area contributed by atoms with E-state index in [0.29, 0.717) is 10.6 Å². The van der Waals surface area contributed by atoms with Crippen LogP contribution in [0.2, 0.25) is 5.02 Å². The van der Waals surface area contributed by atoms with Gasteiger partial charge >= 0.3 is 0 Å². The Kier molecular flexibility index (Phi) is 3.31. The van der Waals surface area contributed by atoms with Gasteiger partial charge in [0, 0.05) is 10.0 Å². The second kappa shape index (κ2) is 4.71. The second-order valence-corrected chi connectivity index (χ2v) is 4.34. The number of hydrogen-bond acceptors (Lipinski definition) is 4. The summed E-state index contributed by atoms with van der Waals surface area (Å²) < 4.78 is 0.798. The van der Waals surface area contributed by atoms with Gasteiger partial charge in [-0.25, -0.2) is 0 Å². The molecule has 0 saturated carbocycles. The van der Waals surface area contributed by atoms with Crippen LogP contribution < -0.4 is 0 Å². The van der Waals surface area contributed by atoms with Gasteiger partial charge in [0.1, 0.15) is 6.54 Å². The monoisotopic (exact) mass is 300 g/mol. The molecule has 0 saturated heterocycles. The summed E-state index contributed by atoms with van der Waals surface area (Å²) in [6.07, 6.45) is 1.27. The molecule has 0 spiro atoms. The molecule has 2 aromatic rings. The number of rotatable bonds is 3. The number of hydrogen-bond donors (Lipinski definition) is 0. The molecule has 0 N–H and O–H groups in total. The topological polar surface area (TPSA) is 60.7 Å². The highest BCUT2D eigenvalue weighted by atomic mass is 79.9. The highest BCUT2D eigenvalue weighted by Crippen LogP contribution is 2.21. The molecule has 2 rings (SSSR count). The van der Waals surface area contributed by atoms with Gasteiger partial charge in [-0.2, -0.15) is 4.80 Å². The fourth-order valence-corrected chi connectivity index (χ4v) is 1.77. The van der Waals surface area contributed by atoms with Gasteiger partial charge in [0.05, 0.1) is 5.02 Å². The first-order chi connectivity index (χ1) is 7.66. The van der Waals surface area contributed by atoms with Gasteiger partial charge < -0.3 is 0 Å². The van der Waals surface area contributed by atoms with Crippen LogP contribution in [0.3, 0.4) is 0 Å². The van der Waals surface area contributed by atoms with Gasteiger partial charge in [0.25, 0.3) is 0 Å². The van der Waals surface area contributed by atoms with Crippen LogP contribution in [-0.2, 0) is 6.54 Å². The molecule has 0 aliphatic heterocycles.